The number of rotatable bonds is 11. The number of aromatic nitrogens is 2. The third-order valence-corrected chi connectivity index (χ3v) is 6.40. The molecule has 4 rings (SSSR count). The van der Waals surface area contributed by atoms with Crippen LogP contribution in [0, 0.1) is 5.92 Å². The number of nitrogens with one attached hydrogen (secondary N) is 1. The van der Waals surface area contributed by atoms with Crippen LogP contribution in [0.4, 0.5) is 0 Å². The minimum Gasteiger partial charge on any atom is -0.493 e. The number of benzene rings is 2. The van der Waals surface area contributed by atoms with Gasteiger partial charge in [0.2, 0.25) is 17.6 Å². The number of nitrogens with zero attached hydrogens (tertiary/aromatic N) is 3. The van der Waals surface area contributed by atoms with Crippen molar-refractivity contribution in [1.82, 2.24) is 20.4 Å². The van der Waals surface area contributed by atoms with Crippen LogP contribution in [0.25, 0.3) is 11.4 Å². The van der Waals surface area contributed by atoms with Crippen LogP contribution in [0.15, 0.2) is 40.9 Å². The molecule has 1 saturated heterocycles. The van der Waals surface area contributed by atoms with Crippen molar-refractivity contribution in [3.05, 3.63) is 47.9 Å². The number of ether oxygens (including phenoxy) is 4. The Morgan fingerprint density at radius 3 is 2.53 bits per heavy atom. The number of methoxy groups -OCH3 is 3. The van der Waals surface area contributed by atoms with Gasteiger partial charge in [-0.1, -0.05) is 11.2 Å². The summed E-state index contributed by atoms with van der Waals surface area (Å²) in [7, 11) is 4.79. The van der Waals surface area contributed by atoms with E-state index in [1.165, 1.54) is 0 Å². The second-order valence-corrected chi connectivity index (χ2v) is 9.53. The van der Waals surface area contributed by atoms with E-state index in [4.69, 9.17) is 23.5 Å². The van der Waals surface area contributed by atoms with Crippen molar-refractivity contribution in [2.75, 3.05) is 34.4 Å². The maximum atomic E-state index is 13.0. The van der Waals surface area contributed by atoms with Gasteiger partial charge < -0.3 is 28.8 Å². The smallest absolute Gasteiger partial charge is 0.241 e. The van der Waals surface area contributed by atoms with Gasteiger partial charge in [-0.2, -0.15) is 4.98 Å². The lowest BCUT2D eigenvalue weighted by Crippen LogP contribution is -2.42. The van der Waals surface area contributed by atoms with E-state index in [1.54, 1.807) is 21.3 Å². The molecule has 2 heterocycles. The van der Waals surface area contributed by atoms with Gasteiger partial charge in [-0.3, -0.25) is 9.69 Å². The Morgan fingerprint density at radius 2 is 1.79 bits per heavy atom. The number of carbonyl (C=O) groups is 1. The van der Waals surface area contributed by atoms with Crippen molar-refractivity contribution in [2.24, 2.45) is 5.92 Å². The highest BCUT2D eigenvalue weighted by Gasteiger charge is 2.27. The summed E-state index contributed by atoms with van der Waals surface area (Å²) in [4.78, 5) is 19.7. The quantitative estimate of drug-likeness (QED) is 0.397. The van der Waals surface area contributed by atoms with Crippen molar-refractivity contribution in [2.45, 2.75) is 45.9 Å². The summed E-state index contributed by atoms with van der Waals surface area (Å²) in [6.07, 6.45) is 1.81. The Hall–Kier alpha value is -3.79. The molecule has 0 spiro atoms. The summed E-state index contributed by atoms with van der Waals surface area (Å²) in [6, 6.07) is 11.2. The molecule has 2 aromatic carbocycles. The summed E-state index contributed by atoms with van der Waals surface area (Å²) >= 11 is 0. The molecule has 0 aliphatic carbocycles. The summed E-state index contributed by atoms with van der Waals surface area (Å²) in [5.41, 5.74) is 1.72. The number of amides is 1. The van der Waals surface area contributed by atoms with Crippen LogP contribution < -0.4 is 24.3 Å². The first kappa shape index (κ1) is 27.3. The highest BCUT2D eigenvalue weighted by molar-refractivity contribution is 5.79. The zero-order valence-electron chi connectivity index (χ0n) is 22.7. The van der Waals surface area contributed by atoms with Gasteiger partial charge in [-0.15, -0.1) is 0 Å². The normalized spacial score (nSPS) is 15.8. The van der Waals surface area contributed by atoms with E-state index in [0.717, 1.165) is 30.5 Å². The lowest BCUT2D eigenvalue weighted by Gasteiger charge is -2.30. The van der Waals surface area contributed by atoms with Gasteiger partial charge in [0, 0.05) is 18.7 Å². The van der Waals surface area contributed by atoms with Crippen molar-refractivity contribution in [3.63, 3.8) is 0 Å². The highest BCUT2D eigenvalue weighted by Crippen LogP contribution is 2.32. The maximum Gasteiger partial charge on any atom is 0.241 e. The van der Waals surface area contributed by atoms with Gasteiger partial charge >= 0.3 is 0 Å². The number of hydrogen-bond donors (Lipinski definition) is 1. The van der Waals surface area contributed by atoms with Gasteiger partial charge in [0.05, 0.1) is 39.9 Å². The van der Waals surface area contributed by atoms with Crippen LogP contribution in [-0.4, -0.2) is 61.5 Å². The Labute approximate surface area is 223 Å². The molecule has 0 bridgehead atoms. The molecule has 3 aromatic rings. The molecule has 38 heavy (non-hydrogen) atoms. The topological polar surface area (TPSA) is 108 Å². The molecule has 10 nitrogen and oxygen atoms in total. The van der Waals surface area contributed by atoms with Gasteiger partial charge in [0.15, 0.2) is 23.0 Å². The molecule has 1 fully saturated rings. The minimum absolute atomic E-state index is 0.0349. The first-order valence-corrected chi connectivity index (χ1v) is 12.8. The van der Waals surface area contributed by atoms with Crippen LogP contribution in [0.2, 0.25) is 0 Å². The lowest BCUT2D eigenvalue weighted by atomic mass is 9.97. The highest BCUT2D eigenvalue weighted by atomic mass is 16.5. The van der Waals surface area contributed by atoms with Crippen LogP contribution in [0.3, 0.4) is 0 Å². The Morgan fingerprint density at radius 1 is 1.05 bits per heavy atom. The zero-order valence-corrected chi connectivity index (χ0v) is 22.7. The average Bonchev–Trinajstić information content (AvgIpc) is 3.40. The second-order valence-electron chi connectivity index (χ2n) is 9.53. The van der Waals surface area contributed by atoms with Crippen LogP contribution >= 0.6 is 0 Å². The van der Waals surface area contributed by atoms with Gasteiger partial charge in [-0.25, -0.2) is 0 Å². The predicted octanol–water partition coefficient (Wildman–Crippen LogP) is 4.08. The third kappa shape index (κ3) is 6.74. The van der Waals surface area contributed by atoms with Crippen LogP contribution in [0.5, 0.6) is 23.0 Å². The van der Waals surface area contributed by atoms with E-state index in [2.05, 4.69) is 20.4 Å². The molecule has 1 amide bonds. The standard InChI is InChI=1S/C28H36N4O6/c1-18(2)37-23-10-8-19(13-24(23)35-4)15-29-28(33)21-7-6-12-32(16-21)17-26-30-27(31-38-26)20-9-11-22(34-3)25(14-20)36-5/h8-11,13-14,18,21H,6-7,12,15-17H2,1-5H3,(H,29,33). The molecule has 1 aliphatic heterocycles. The van der Waals surface area contributed by atoms with E-state index in [0.29, 0.717) is 54.3 Å². The fourth-order valence-corrected chi connectivity index (χ4v) is 4.52. The molecule has 1 unspecified atom stereocenters. The number of carbonyl (C=O) groups excluding carboxylic acids is 1. The first-order chi connectivity index (χ1) is 18.4. The molecule has 1 atom stereocenters. The van der Waals surface area contributed by atoms with E-state index in [9.17, 15) is 4.79 Å². The van der Waals surface area contributed by atoms with E-state index < -0.39 is 0 Å². The van der Waals surface area contributed by atoms with Crippen molar-refractivity contribution in [3.8, 4) is 34.4 Å². The lowest BCUT2D eigenvalue weighted by molar-refractivity contribution is -0.127. The SMILES string of the molecule is COc1ccc(-c2noc(CN3CCCC(C(=O)NCc4ccc(OC(C)C)c(OC)c4)C3)n2)cc1OC. The molecule has 204 valence electrons. The Balaban J connectivity index is 1.32. The van der Waals surface area contributed by atoms with Gasteiger partial charge in [0.25, 0.3) is 0 Å². The zero-order chi connectivity index (χ0) is 27.1. The monoisotopic (exact) mass is 524 g/mol. The van der Waals surface area contributed by atoms with Gasteiger partial charge in [-0.05, 0) is 69.1 Å². The minimum atomic E-state index is -0.109. The van der Waals surface area contributed by atoms with E-state index >= 15 is 0 Å². The Kier molecular flexibility index (Phi) is 9.06. The Bertz CT molecular complexity index is 1230. The third-order valence-electron chi connectivity index (χ3n) is 6.40. The molecule has 1 N–H and O–H groups in total. The largest absolute Gasteiger partial charge is 0.493 e. The molecule has 0 saturated carbocycles. The first-order valence-electron chi connectivity index (χ1n) is 12.8. The molecule has 1 aromatic heterocycles. The molecular formula is C28H36N4O6. The van der Waals surface area contributed by atoms with Crippen molar-refractivity contribution in [1.29, 1.82) is 0 Å². The molecule has 1 aliphatic rings. The molecule has 0 radical (unpaired) electrons. The predicted molar refractivity (Wildman–Crippen MR) is 141 cm³/mol. The van der Waals surface area contributed by atoms with Gasteiger partial charge in [0.1, 0.15) is 0 Å². The number of hydrogen-bond acceptors (Lipinski definition) is 9. The summed E-state index contributed by atoms with van der Waals surface area (Å²) in [5.74, 6) is 3.49. The maximum absolute atomic E-state index is 13.0. The fraction of sp³-hybridized carbons (Fsp3) is 0.464. The summed E-state index contributed by atoms with van der Waals surface area (Å²) in [6.45, 7) is 6.34. The number of likely N-dealkylation sites (tertiary alicyclic amines) is 1. The second kappa shape index (κ2) is 12.6. The van der Waals surface area contributed by atoms with E-state index in [1.807, 2.05) is 50.2 Å². The number of piperidine rings is 1. The van der Waals surface area contributed by atoms with E-state index in [-0.39, 0.29) is 17.9 Å². The van der Waals surface area contributed by atoms with Crippen molar-refractivity contribution >= 4 is 5.91 Å². The molecule has 10 heteroatoms. The van der Waals surface area contributed by atoms with Crippen LogP contribution in [-0.2, 0) is 17.9 Å². The molecular weight excluding hydrogens is 488 g/mol. The fourth-order valence-electron chi connectivity index (χ4n) is 4.52. The summed E-state index contributed by atoms with van der Waals surface area (Å²) in [5, 5.41) is 7.20. The summed E-state index contributed by atoms with van der Waals surface area (Å²) < 4.78 is 27.4. The van der Waals surface area contributed by atoms with Crippen LogP contribution in [0.1, 0.15) is 38.1 Å². The average molecular weight is 525 g/mol. The van der Waals surface area contributed by atoms with Crippen molar-refractivity contribution < 1.29 is 28.3 Å².